The van der Waals surface area contributed by atoms with Crippen LogP contribution in [-0.2, 0) is 14.8 Å². The molecule has 0 radical (unpaired) electrons. The number of hydrogen-bond acceptors (Lipinski definition) is 4. The lowest BCUT2D eigenvalue weighted by Gasteiger charge is -2.15. The molecule has 8 heteroatoms. The van der Waals surface area contributed by atoms with Gasteiger partial charge in [0.2, 0.25) is 15.9 Å². The van der Waals surface area contributed by atoms with Crippen molar-refractivity contribution >= 4 is 33.4 Å². The van der Waals surface area contributed by atoms with Gasteiger partial charge in [-0.05, 0) is 61.4 Å². The predicted octanol–water partition coefficient (Wildman–Crippen LogP) is 3.34. The van der Waals surface area contributed by atoms with E-state index in [9.17, 15) is 17.6 Å². The summed E-state index contributed by atoms with van der Waals surface area (Å²) in [5, 5.41) is 2.68. The standard InChI is InChI=1S/C18H19FN2O3S2/c19-14-3-5-15(6-4-14)20-18(22)13-25-16-7-9-17(10-8-16)26(23,24)21-11-1-2-12-21/h3-10H,1-2,11-13H2,(H,20,22). The molecule has 1 aliphatic heterocycles. The van der Waals surface area contributed by atoms with Crippen LogP contribution in [0.1, 0.15) is 12.8 Å². The summed E-state index contributed by atoms with van der Waals surface area (Å²) in [5.74, 6) is -0.396. The van der Waals surface area contributed by atoms with Gasteiger partial charge >= 0.3 is 0 Å². The van der Waals surface area contributed by atoms with Crippen molar-refractivity contribution < 1.29 is 17.6 Å². The number of hydrogen-bond donors (Lipinski definition) is 1. The maximum atomic E-state index is 12.8. The molecule has 5 nitrogen and oxygen atoms in total. The molecule has 26 heavy (non-hydrogen) atoms. The van der Waals surface area contributed by atoms with Crippen LogP contribution in [0.5, 0.6) is 0 Å². The monoisotopic (exact) mass is 394 g/mol. The zero-order chi connectivity index (χ0) is 18.6. The number of halogens is 1. The smallest absolute Gasteiger partial charge is 0.243 e. The zero-order valence-corrected chi connectivity index (χ0v) is 15.7. The number of thioether (sulfide) groups is 1. The van der Waals surface area contributed by atoms with Crippen LogP contribution in [0.2, 0.25) is 0 Å². The van der Waals surface area contributed by atoms with E-state index in [4.69, 9.17) is 0 Å². The molecule has 0 atom stereocenters. The Kier molecular flexibility index (Phi) is 5.95. The molecule has 1 heterocycles. The van der Waals surface area contributed by atoms with E-state index in [1.807, 2.05) is 0 Å². The lowest BCUT2D eigenvalue weighted by atomic mass is 10.3. The molecule has 0 saturated carbocycles. The van der Waals surface area contributed by atoms with Gasteiger partial charge in [-0.15, -0.1) is 11.8 Å². The highest BCUT2D eigenvalue weighted by atomic mass is 32.2. The summed E-state index contributed by atoms with van der Waals surface area (Å²) in [4.78, 5) is 13.0. The molecular weight excluding hydrogens is 375 g/mol. The van der Waals surface area contributed by atoms with Crippen LogP contribution < -0.4 is 5.32 Å². The van der Waals surface area contributed by atoms with E-state index in [1.165, 1.54) is 40.3 Å². The number of amides is 1. The first-order chi connectivity index (χ1) is 12.4. The number of rotatable bonds is 6. The van der Waals surface area contributed by atoms with Crippen molar-refractivity contribution in [2.45, 2.75) is 22.6 Å². The quantitative estimate of drug-likeness (QED) is 0.763. The van der Waals surface area contributed by atoms with Gasteiger partial charge in [-0.1, -0.05) is 0 Å². The Balaban J connectivity index is 1.55. The molecule has 0 aliphatic carbocycles. The van der Waals surface area contributed by atoms with Crippen molar-refractivity contribution in [2.75, 3.05) is 24.2 Å². The predicted molar refractivity (Wildman–Crippen MR) is 100 cm³/mol. The summed E-state index contributed by atoms with van der Waals surface area (Å²) in [5.41, 5.74) is 0.532. The van der Waals surface area contributed by atoms with Gasteiger partial charge in [0, 0.05) is 23.7 Å². The number of carbonyl (C=O) groups excluding carboxylic acids is 1. The Morgan fingerprint density at radius 1 is 1.04 bits per heavy atom. The highest BCUT2D eigenvalue weighted by Crippen LogP contribution is 2.24. The van der Waals surface area contributed by atoms with Crippen LogP contribution in [-0.4, -0.2) is 37.5 Å². The number of anilines is 1. The second-order valence-electron chi connectivity index (χ2n) is 5.93. The van der Waals surface area contributed by atoms with Crippen molar-refractivity contribution in [1.82, 2.24) is 4.31 Å². The summed E-state index contributed by atoms with van der Waals surface area (Å²) in [6, 6.07) is 12.1. The van der Waals surface area contributed by atoms with Crippen LogP contribution in [0.4, 0.5) is 10.1 Å². The summed E-state index contributed by atoms with van der Waals surface area (Å²) in [6.45, 7) is 1.14. The Labute approximate surface area is 156 Å². The van der Waals surface area contributed by atoms with Gasteiger partial charge in [-0.25, -0.2) is 12.8 Å². The third kappa shape index (κ3) is 4.63. The minimum atomic E-state index is -3.42. The van der Waals surface area contributed by atoms with E-state index in [0.29, 0.717) is 18.8 Å². The Morgan fingerprint density at radius 3 is 2.27 bits per heavy atom. The molecular formula is C18H19FN2O3S2. The fourth-order valence-corrected chi connectivity index (χ4v) is 4.88. The van der Waals surface area contributed by atoms with Gasteiger partial charge in [0.1, 0.15) is 5.82 Å². The molecule has 1 N–H and O–H groups in total. The minimum Gasteiger partial charge on any atom is -0.325 e. The fourth-order valence-electron chi connectivity index (χ4n) is 2.66. The molecule has 1 fully saturated rings. The van der Waals surface area contributed by atoms with Gasteiger partial charge in [0.05, 0.1) is 10.6 Å². The maximum Gasteiger partial charge on any atom is 0.243 e. The maximum absolute atomic E-state index is 12.8. The van der Waals surface area contributed by atoms with E-state index in [0.717, 1.165) is 17.7 Å². The Hall–Kier alpha value is -1.90. The second-order valence-corrected chi connectivity index (χ2v) is 8.91. The number of nitrogens with zero attached hydrogens (tertiary/aromatic N) is 1. The SMILES string of the molecule is O=C(CSc1ccc(S(=O)(=O)N2CCCC2)cc1)Nc1ccc(F)cc1. The average molecular weight is 394 g/mol. The molecule has 1 saturated heterocycles. The lowest BCUT2D eigenvalue weighted by molar-refractivity contribution is -0.113. The molecule has 0 aromatic heterocycles. The van der Waals surface area contributed by atoms with E-state index in [1.54, 1.807) is 24.3 Å². The normalized spacial score (nSPS) is 15.1. The van der Waals surface area contributed by atoms with E-state index in [-0.39, 0.29) is 22.4 Å². The molecule has 2 aromatic carbocycles. The van der Waals surface area contributed by atoms with E-state index >= 15 is 0 Å². The summed E-state index contributed by atoms with van der Waals surface area (Å²) >= 11 is 1.31. The number of benzene rings is 2. The highest BCUT2D eigenvalue weighted by Gasteiger charge is 2.26. The Bertz CT molecular complexity index is 862. The minimum absolute atomic E-state index is 0.176. The summed E-state index contributed by atoms with van der Waals surface area (Å²) in [7, 11) is -3.42. The molecule has 1 amide bonds. The van der Waals surface area contributed by atoms with Crippen molar-refractivity contribution in [1.29, 1.82) is 0 Å². The number of carbonyl (C=O) groups is 1. The molecule has 3 rings (SSSR count). The third-order valence-corrected chi connectivity index (χ3v) is 6.95. The van der Waals surface area contributed by atoms with Gasteiger partial charge in [-0.2, -0.15) is 4.31 Å². The first-order valence-electron chi connectivity index (χ1n) is 8.23. The third-order valence-electron chi connectivity index (χ3n) is 4.02. The highest BCUT2D eigenvalue weighted by molar-refractivity contribution is 8.00. The van der Waals surface area contributed by atoms with Gasteiger partial charge in [0.15, 0.2) is 0 Å². The number of nitrogens with one attached hydrogen (secondary N) is 1. The van der Waals surface area contributed by atoms with Crippen LogP contribution in [0.3, 0.4) is 0 Å². The zero-order valence-electron chi connectivity index (χ0n) is 14.0. The first kappa shape index (κ1) is 18.9. The van der Waals surface area contributed by atoms with Gasteiger partial charge in [-0.3, -0.25) is 4.79 Å². The van der Waals surface area contributed by atoms with Crippen molar-refractivity contribution in [3.63, 3.8) is 0 Å². The van der Waals surface area contributed by atoms with E-state index in [2.05, 4.69) is 5.32 Å². The van der Waals surface area contributed by atoms with Crippen molar-refractivity contribution in [3.8, 4) is 0 Å². The lowest BCUT2D eigenvalue weighted by Crippen LogP contribution is -2.27. The molecule has 0 spiro atoms. The van der Waals surface area contributed by atoms with Gasteiger partial charge in [0.25, 0.3) is 0 Å². The van der Waals surface area contributed by atoms with Crippen LogP contribution >= 0.6 is 11.8 Å². The van der Waals surface area contributed by atoms with Crippen LogP contribution in [0.25, 0.3) is 0 Å². The molecule has 0 bridgehead atoms. The van der Waals surface area contributed by atoms with Crippen LogP contribution in [0, 0.1) is 5.82 Å². The van der Waals surface area contributed by atoms with Crippen LogP contribution in [0.15, 0.2) is 58.3 Å². The molecule has 0 unspecified atom stereocenters. The average Bonchev–Trinajstić information content (AvgIpc) is 3.18. The fraction of sp³-hybridized carbons (Fsp3) is 0.278. The number of sulfonamides is 1. The molecule has 138 valence electrons. The summed E-state index contributed by atoms with van der Waals surface area (Å²) < 4.78 is 39.3. The topological polar surface area (TPSA) is 66.5 Å². The van der Waals surface area contributed by atoms with Gasteiger partial charge < -0.3 is 5.32 Å². The molecule has 2 aromatic rings. The largest absolute Gasteiger partial charge is 0.325 e. The Morgan fingerprint density at radius 2 is 1.65 bits per heavy atom. The van der Waals surface area contributed by atoms with Crippen molar-refractivity contribution in [3.05, 3.63) is 54.3 Å². The first-order valence-corrected chi connectivity index (χ1v) is 10.7. The second kappa shape index (κ2) is 8.20. The van der Waals surface area contributed by atoms with Crippen molar-refractivity contribution in [2.24, 2.45) is 0 Å². The summed E-state index contributed by atoms with van der Waals surface area (Å²) in [6.07, 6.45) is 1.80. The molecule has 1 aliphatic rings. The van der Waals surface area contributed by atoms with E-state index < -0.39 is 10.0 Å².